The fourth-order valence-corrected chi connectivity index (χ4v) is 4.62. The number of rotatable bonds is 6. The first-order valence-electron chi connectivity index (χ1n) is 10.5. The second-order valence-corrected chi connectivity index (χ2v) is 8.45. The minimum Gasteiger partial charge on any atom is -0.486 e. The molecule has 0 aliphatic carbocycles. The number of carbonyl (C=O) groups is 1. The molecule has 9 nitrogen and oxygen atoms in total. The fraction of sp³-hybridized carbons (Fsp3) is 0.217. The van der Waals surface area contributed by atoms with Crippen LogP contribution in [0, 0.1) is 0 Å². The lowest BCUT2D eigenvalue weighted by molar-refractivity contribution is 0.0985. The van der Waals surface area contributed by atoms with Gasteiger partial charge in [-0.3, -0.25) is 9.69 Å². The van der Waals surface area contributed by atoms with E-state index >= 15 is 0 Å². The maximum absolute atomic E-state index is 13.5. The molecule has 2 aromatic carbocycles. The summed E-state index contributed by atoms with van der Waals surface area (Å²) < 4.78 is 12.2. The largest absolute Gasteiger partial charge is 0.486 e. The Morgan fingerprint density at radius 2 is 1.91 bits per heavy atom. The number of hydrogen-bond acceptors (Lipinski definition) is 9. The Balaban J connectivity index is 1.49. The van der Waals surface area contributed by atoms with Crippen LogP contribution < -0.4 is 25.8 Å². The second kappa shape index (κ2) is 9.00. The smallest absolute Gasteiger partial charge is 0.260 e. The zero-order valence-electron chi connectivity index (χ0n) is 17.7. The minimum atomic E-state index is -0.164. The van der Waals surface area contributed by atoms with Gasteiger partial charge in [-0.15, -0.1) is 0 Å². The van der Waals surface area contributed by atoms with E-state index in [1.54, 1.807) is 35.4 Å². The monoisotopic (exact) mass is 462 g/mol. The number of amides is 1. The van der Waals surface area contributed by atoms with Crippen LogP contribution in [0.25, 0.3) is 21.5 Å². The molecule has 0 fully saturated rings. The van der Waals surface area contributed by atoms with Crippen molar-refractivity contribution in [1.29, 1.82) is 0 Å². The molecule has 0 bridgehead atoms. The van der Waals surface area contributed by atoms with Gasteiger partial charge < -0.3 is 20.9 Å². The highest BCUT2D eigenvalue weighted by Crippen LogP contribution is 2.35. The number of thiazole rings is 1. The second-order valence-electron chi connectivity index (χ2n) is 7.44. The van der Waals surface area contributed by atoms with Gasteiger partial charge in [0.1, 0.15) is 13.2 Å². The molecule has 33 heavy (non-hydrogen) atoms. The molecular weight excluding hydrogens is 440 g/mol. The van der Waals surface area contributed by atoms with Gasteiger partial charge in [0, 0.05) is 23.9 Å². The lowest BCUT2D eigenvalue weighted by Gasteiger charge is -2.22. The number of ether oxygens (including phenoxy) is 2. The van der Waals surface area contributed by atoms with E-state index in [0.717, 1.165) is 21.5 Å². The van der Waals surface area contributed by atoms with Gasteiger partial charge in [-0.05, 0) is 49.4 Å². The quantitative estimate of drug-likeness (QED) is 0.447. The molecule has 4 N–H and O–H groups in total. The van der Waals surface area contributed by atoms with E-state index in [9.17, 15) is 4.79 Å². The molecule has 0 atom stereocenters. The Labute approximate surface area is 194 Å². The summed E-state index contributed by atoms with van der Waals surface area (Å²) in [7, 11) is 0. The van der Waals surface area contributed by atoms with Gasteiger partial charge in [-0.1, -0.05) is 17.4 Å². The van der Waals surface area contributed by atoms with E-state index < -0.39 is 0 Å². The first-order chi connectivity index (χ1) is 16.1. The van der Waals surface area contributed by atoms with E-state index in [0.29, 0.717) is 54.9 Å². The standard InChI is InChI=1S/C23H22N6O3S/c24-7-1-9-29(21(30)15-3-5-18-19(12-15)32-11-10-31-18)23-28-17-4-2-14(13-20(17)33-23)16-6-8-26-22(25)27-16/h2-6,8,12-13H,1,7,9-11,24H2,(H2,25,26,27). The summed E-state index contributed by atoms with van der Waals surface area (Å²) in [5.74, 6) is 1.27. The number of nitrogens with zero attached hydrogens (tertiary/aromatic N) is 4. The van der Waals surface area contributed by atoms with Gasteiger partial charge in [0.15, 0.2) is 16.6 Å². The average Bonchev–Trinajstić information content (AvgIpc) is 3.27. The summed E-state index contributed by atoms with van der Waals surface area (Å²) in [6.45, 7) is 1.88. The number of hydrogen-bond donors (Lipinski definition) is 2. The fourth-order valence-electron chi connectivity index (χ4n) is 3.59. The highest BCUT2D eigenvalue weighted by molar-refractivity contribution is 7.22. The van der Waals surface area contributed by atoms with Crippen LogP contribution in [0.1, 0.15) is 16.8 Å². The van der Waals surface area contributed by atoms with Crippen molar-refractivity contribution in [2.75, 3.05) is 36.9 Å². The molecule has 1 aliphatic rings. The molecule has 0 saturated heterocycles. The van der Waals surface area contributed by atoms with Gasteiger partial charge in [0.25, 0.3) is 5.91 Å². The summed E-state index contributed by atoms with van der Waals surface area (Å²) in [5, 5.41) is 0.609. The Hall–Kier alpha value is -3.76. The van der Waals surface area contributed by atoms with Crippen LogP contribution in [0.3, 0.4) is 0 Å². The summed E-state index contributed by atoms with van der Waals surface area (Å²) in [6, 6.07) is 12.9. The van der Waals surface area contributed by atoms with Crippen molar-refractivity contribution in [1.82, 2.24) is 15.0 Å². The van der Waals surface area contributed by atoms with Crippen molar-refractivity contribution in [3.63, 3.8) is 0 Å². The predicted octanol–water partition coefficient (Wildman–Crippen LogP) is 3.10. The van der Waals surface area contributed by atoms with Crippen molar-refractivity contribution in [3.05, 3.63) is 54.2 Å². The van der Waals surface area contributed by atoms with Crippen LogP contribution in [0.4, 0.5) is 11.1 Å². The predicted molar refractivity (Wildman–Crippen MR) is 128 cm³/mol. The average molecular weight is 463 g/mol. The Morgan fingerprint density at radius 1 is 1.06 bits per heavy atom. The van der Waals surface area contributed by atoms with Crippen molar-refractivity contribution < 1.29 is 14.3 Å². The molecule has 5 rings (SSSR count). The zero-order chi connectivity index (χ0) is 22.8. The minimum absolute atomic E-state index is 0.164. The van der Waals surface area contributed by atoms with Crippen LogP contribution in [0.5, 0.6) is 11.5 Å². The zero-order valence-corrected chi connectivity index (χ0v) is 18.5. The summed E-state index contributed by atoms with van der Waals surface area (Å²) in [5.41, 5.74) is 14.4. The normalized spacial score (nSPS) is 12.6. The number of fused-ring (bicyclic) bond motifs is 2. The molecule has 0 spiro atoms. The van der Waals surface area contributed by atoms with Crippen molar-refractivity contribution in [2.45, 2.75) is 6.42 Å². The number of carbonyl (C=O) groups excluding carboxylic acids is 1. The Morgan fingerprint density at radius 3 is 2.73 bits per heavy atom. The van der Waals surface area contributed by atoms with E-state index in [-0.39, 0.29) is 11.9 Å². The number of nitrogen functional groups attached to an aromatic ring is 1. The first-order valence-corrected chi connectivity index (χ1v) is 11.3. The molecule has 1 amide bonds. The van der Waals surface area contributed by atoms with Gasteiger partial charge >= 0.3 is 0 Å². The maximum Gasteiger partial charge on any atom is 0.260 e. The first kappa shape index (κ1) is 21.1. The number of benzene rings is 2. The van der Waals surface area contributed by atoms with Crippen molar-refractivity contribution >= 4 is 38.5 Å². The molecule has 1 aliphatic heterocycles. The Kier molecular flexibility index (Phi) is 5.76. The van der Waals surface area contributed by atoms with Crippen LogP contribution in [0.15, 0.2) is 48.7 Å². The molecule has 0 radical (unpaired) electrons. The van der Waals surface area contributed by atoms with Crippen LogP contribution in [-0.2, 0) is 0 Å². The molecular formula is C23H22N6O3S. The topological polar surface area (TPSA) is 129 Å². The molecule has 0 saturated carbocycles. The lowest BCUT2D eigenvalue weighted by Crippen LogP contribution is -2.33. The van der Waals surface area contributed by atoms with Crippen molar-refractivity contribution in [2.24, 2.45) is 5.73 Å². The molecule has 3 heterocycles. The number of nitrogens with two attached hydrogens (primary N) is 2. The van der Waals surface area contributed by atoms with Gasteiger partial charge in [-0.25, -0.2) is 15.0 Å². The third-order valence-corrected chi connectivity index (χ3v) is 6.24. The third-order valence-electron chi connectivity index (χ3n) is 5.20. The molecule has 10 heteroatoms. The van der Waals surface area contributed by atoms with Crippen LogP contribution in [0.2, 0.25) is 0 Å². The van der Waals surface area contributed by atoms with E-state index in [1.807, 2.05) is 18.2 Å². The number of aromatic nitrogens is 3. The summed E-state index contributed by atoms with van der Waals surface area (Å²) in [4.78, 5) is 28.1. The van der Waals surface area contributed by atoms with Gasteiger partial charge in [-0.2, -0.15) is 0 Å². The molecule has 4 aromatic rings. The summed E-state index contributed by atoms with van der Waals surface area (Å²) >= 11 is 1.44. The van der Waals surface area contributed by atoms with Crippen LogP contribution in [-0.4, -0.2) is 47.2 Å². The maximum atomic E-state index is 13.5. The molecule has 2 aromatic heterocycles. The lowest BCUT2D eigenvalue weighted by atomic mass is 10.1. The molecule has 168 valence electrons. The molecule has 0 unspecified atom stereocenters. The number of anilines is 2. The highest BCUT2D eigenvalue weighted by atomic mass is 32.1. The van der Waals surface area contributed by atoms with Gasteiger partial charge in [0.2, 0.25) is 5.95 Å². The third kappa shape index (κ3) is 4.30. The van der Waals surface area contributed by atoms with E-state index in [1.165, 1.54) is 11.3 Å². The Bertz CT molecular complexity index is 1320. The van der Waals surface area contributed by atoms with E-state index in [2.05, 4.69) is 9.97 Å². The van der Waals surface area contributed by atoms with Crippen LogP contribution >= 0.6 is 11.3 Å². The highest BCUT2D eigenvalue weighted by Gasteiger charge is 2.23. The summed E-state index contributed by atoms with van der Waals surface area (Å²) in [6.07, 6.45) is 2.28. The SMILES string of the molecule is NCCCN(C(=O)c1ccc2c(c1)OCCO2)c1nc2ccc(-c3ccnc(N)n3)cc2s1. The van der Waals surface area contributed by atoms with Crippen molar-refractivity contribution in [3.8, 4) is 22.8 Å². The van der Waals surface area contributed by atoms with E-state index in [4.69, 9.17) is 25.9 Å². The van der Waals surface area contributed by atoms with Gasteiger partial charge in [0.05, 0.1) is 15.9 Å².